The third-order valence-electron chi connectivity index (χ3n) is 2.86. The summed E-state index contributed by atoms with van der Waals surface area (Å²) < 4.78 is 26.0. The molecule has 0 atom stereocenters. The highest BCUT2D eigenvalue weighted by atomic mass is 32.1. The van der Waals surface area contributed by atoms with Crippen LogP contribution in [-0.2, 0) is 6.54 Å². The zero-order valence-corrected chi connectivity index (χ0v) is 10.4. The van der Waals surface area contributed by atoms with E-state index in [1.54, 1.807) is 12.3 Å². The van der Waals surface area contributed by atoms with Gasteiger partial charge in [0.05, 0.1) is 0 Å². The normalized spacial score (nSPS) is 15.0. The van der Waals surface area contributed by atoms with Gasteiger partial charge in [-0.1, -0.05) is 0 Å². The van der Waals surface area contributed by atoms with Gasteiger partial charge in [-0.25, -0.2) is 13.8 Å². The Morgan fingerprint density at radius 2 is 2.11 bits per heavy atom. The summed E-state index contributed by atoms with van der Waals surface area (Å²) in [4.78, 5) is 5.36. The molecule has 1 aliphatic rings. The van der Waals surface area contributed by atoms with Crippen LogP contribution in [0.15, 0.2) is 24.4 Å². The molecule has 1 fully saturated rings. The molecule has 1 aromatic heterocycles. The van der Waals surface area contributed by atoms with Crippen molar-refractivity contribution in [3.8, 4) is 10.6 Å². The maximum atomic E-state index is 13.1. The molecule has 1 heterocycles. The van der Waals surface area contributed by atoms with Gasteiger partial charge in [0, 0.05) is 29.2 Å². The number of hydrogen-bond donors (Lipinski definition) is 1. The topological polar surface area (TPSA) is 24.9 Å². The Labute approximate surface area is 108 Å². The fourth-order valence-corrected chi connectivity index (χ4v) is 2.54. The second kappa shape index (κ2) is 4.74. The predicted molar refractivity (Wildman–Crippen MR) is 67.3 cm³/mol. The van der Waals surface area contributed by atoms with Crippen LogP contribution in [0.4, 0.5) is 8.78 Å². The van der Waals surface area contributed by atoms with Crippen molar-refractivity contribution in [3.63, 3.8) is 0 Å². The minimum Gasteiger partial charge on any atom is -0.309 e. The van der Waals surface area contributed by atoms with Crippen molar-refractivity contribution in [3.05, 3.63) is 40.9 Å². The van der Waals surface area contributed by atoms with Crippen LogP contribution in [0.1, 0.15) is 17.7 Å². The first kappa shape index (κ1) is 11.7. The van der Waals surface area contributed by atoms with E-state index in [1.807, 2.05) is 0 Å². The Morgan fingerprint density at radius 3 is 2.83 bits per heavy atom. The summed E-state index contributed by atoms with van der Waals surface area (Å²) in [5.74, 6) is -1.66. The first-order valence-electron chi connectivity index (χ1n) is 5.86. The fraction of sp³-hybridized carbons (Fsp3) is 0.308. The van der Waals surface area contributed by atoms with Crippen LogP contribution < -0.4 is 5.32 Å². The van der Waals surface area contributed by atoms with E-state index < -0.39 is 11.6 Å². The Morgan fingerprint density at radius 1 is 1.28 bits per heavy atom. The molecule has 0 amide bonds. The molecule has 1 N–H and O–H groups in total. The van der Waals surface area contributed by atoms with Gasteiger partial charge >= 0.3 is 0 Å². The molecule has 0 spiro atoms. The van der Waals surface area contributed by atoms with Crippen LogP contribution in [0, 0.1) is 11.6 Å². The molecule has 0 saturated heterocycles. The lowest BCUT2D eigenvalue weighted by atomic mass is 10.2. The highest BCUT2D eigenvalue weighted by molar-refractivity contribution is 7.15. The average molecular weight is 266 g/mol. The fourth-order valence-electron chi connectivity index (χ4n) is 1.68. The summed E-state index contributed by atoms with van der Waals surface area (Å²) in [5.41, 5.74) is 0.622. The molecule has 94 valence electrons. The Hall–Kier alpha value is -1.33. The van der Waals surface area contributed by atoms with E-state index in [-0.39, 0.29) is 0 Å². The molecule has 0 radical (unpaired) electrons. The molecule has 18 heavy (non-hydrogen) atoms. The predicted octanol–water partition coefficient (Wildman–Crippen LogP) is 3.34. The molecule has 0 unspecified atom stereocenters. The van der Waals surface area contributed by atoms with E-state index in [9.17, 15) is 8.78 Å². The quantitative estimate of drug-likeness (QED) is 0.918. The van der Waals surface area contributed by atoms with E-state index in [0.29, 0.717) is 11.6 Å². The monoisotopic (exact) mass is 266 g/mol. The van der Waals surface area contributed by atoms with Gasteiger partial charge in [0.25, 0.3) is 0 Å². The molecule has 3 rings (SSSR count). The van der Waals surface area contributed by atoms with Crippen molar-refractivity contribution in [1.29, 1.82) is 0 Å². The van der Waals surface area contributed by atoms with Gasteiger partial charge < -0.3 is 5.32 Å². The van der Waals surface area contributed by atoms with Gasteiger partial charge in [-0.05, 0) is 31.0 Å². The number of thiazole rings is 1. The van der Waals surface area contributed by atoms with E-state index in [0.717, 1.165) is 22.5 Å². The summed E-state index contributed by atoms with van der Waals surface area (Å²) in [6, 6.07) is 4.52. The lowest BCUT2D eigenvalue weighted by Gasteiger charge is -1.98. The Kier molecular flexibility index (Phi) is 3.09. The van der Waals surface area contributed by atoms with Gasteiger partial charge in [0.1, 0.15) is 5.01 Å². The van der Waals surface area contributed by atoms with E-state index >= 15 is 0 Å². The van der Waals surface area contributed by atoms with E-state index in [2.05, 4.69) is 10.3 Å². The molecule has 1 saturated carbocycles. The third kappa shape index (κ3) is 2.57. The second-order valence-corrected chi connectivity index (χ2v) is 5.53. The lowest BCUT2D eigenvalue weighted by molar-refractivity contribution is 0.509. The third-order valence-corrected chi connectivity index (χ3v) is 3.91. The molecule has 0 aliphatic heterocycles. The molecule has 1 aromatic carbocycles. The summed E-state index contributed by atoms with van der Waals surface area (Å²) >= 11 is 1.51. The minimum atomic E-state index is -0.833. The van der Waals surface area contributed by atoms with Crippen LogP contribution in [0.3, 0.4) is 0 Å². The van der Waals surface area contributed by atoms with Crippen LogP contribution >= 0.6 is 11.3 Å². The first-order chi connectivity index (χ1) is 8.72. The van der Waals surface area contributed by atoms with Gasteiger partial charge in [-0.3, -0.25) is 0 Å². The van der Waals surface area contributed by atoms with Gasteiger partial charge in [-0.15, -0.1) is 11.3 Å². The first-order valence-corrected chi connectivity index (χ1v) is 6.67. The summed E-state index contributed by atoms with van der Waals surface area (Å²) in [7, 11) is 0. The zero-order chi connectivity index (χ0) is 12.5. The van der Waals surface area contributed by atoms with E-state index in [4.69, 9.17) is 0 Å². The standard InChI is InChI=1S/C13H12F2N2S/c14-11-4-1-8(5-12(11)15)13-17-7-10(18-13)6-16-9-2-3-9/h1,4-5,7,9,16H,2-3,6H2. The maximum absolute atomic E-state index is 13.1. The maximum Gasteiger partial charge on any atom is 0.159 e. The average Bonchev–Trinajstić information content (AvgIpc) is 3.08. The minimum absolute atomic E-state index is 0.622. The number of benzene rings is 1. The second-order valence-electron chi connectivity index (χ2n) is 4.42. The summed E-state index contributed by atoms with van der Waals surface area (Å²) in [6.07, 6.45) is 4.28. The molecular weight excluding hydrogens is 254 g/mol. The van der Waals surface area contributed by atoms with Crippen molar-refractivity contribution < 1.29 is 8.78 Å². The number of nitrogens with zero attached hydrogens (tertiary/aromatic N) is 1. The lowest BCUT2D eigenvalue weighted by Crippen LogP contribution is -2.14. The van der Waals surface area contributed by atoms with Gasteiger partial charge in [-0.2, -0.15) is 0 Å². The van der Waals surface area contributed by atoms with Crippen LogP contribution in [0.25, 0.3) is 10.6 Å². The smallest absolute Gasteiger partial charge is 0.159 e. The van der Waals surface area contributed by atoms with Crippen LogP contribution in [0.5, 0.6) is 0 Å². The van der Waals surface area contributed by atoms with Gasteiger partial charge in [0.15, 0.2) is 11.6 Å². The summed E-state index contributed by atoms with van der Waals surface area (Å²) in [5, 5.41) is 4.12. The number of halogens is 2. The number of rotatable bonds is 4. The number of nitrogens with one attached hydrogen (secondary N) is 1. The van der Waals surface area contributed by atoms with Crippen LogP contribution in [0.2, 0.25) is 0 Å². The molecule has 5 heteroatoms. The Bertz CT molecular complexity index is 564. The Balaban J connectivity index is 1.76. The number of aromatic nitrogens is 1. The van der Waals surface area contributed by atoms with Gasteiger partial charge in [0.2, 0.25) is 0 Å². The molecular formula is C13H12F2N2S. The zero-order valence-electron chi connectivity index (χ0n) is 9.62. The highest BCUT2D eigenvalue weighted by Gasteiger charge is 2.20. The largest absolute Gasteiger partial charge is 0.309 e. The molecule has 2 aromatic rings. The van der Waals surface area contributed by atoms with Crippen molar-refractivity contribution in [2.24, 2.45) is 0 Å². The molecule has 2 nitrogen and oxygen atoms in total. The summed E-state index contributed by atoms with van der Waals surface area (Å²) in [6.45, 7) is 0.798. The van der Waals surface area contributed by atoms with Crippen molar-refractivity contribution in [2.45, 2.75) is 25.4 Å². The SMILES string of the molecule is Fc1ccc(-c2ncc(CNC3CC3)s2)cc1F. The van der Waals surface area contributed by atoms with Crippen molar-refractivity contribution >= 4 is 11.3 Å². The highest BCUT2D eigenvalue weighted by Crippen LogP contribution is 2.27. The van der Waals surface area contributed by atoms with E-state index in [1.165, 1.54) is 30.2 Å². The molecule has 1 aliphatic carbocycles. The van der Waals surface area contributed by atoms with Crippen molar-refractivity contribution in [1.82, 2.24) is 10.3 Å². The number of hydrogen-bond acceptors (Lipinski definition) is 3. The van der Waals surface area contributed by atoms with Crippen LogP contribution in [-0.4, -0.2) is 11.0 Å². The molecule has 0 bridgehead atoms. The van der Waals surface area contributed by atoms with Crippen molar-refractivity contribution in [2.75, 3.05) is 0 Å².